The molecule has 2 aliphatic rings. The number of benzene rings is 13. The van der Waals surface area contributed by atoms with Gasteiger partial charge < -0.3 is 4.42 Å². The van der Waals surface area contributed by atoms with E-state index in [1.165, 1.54) is 66.8 Å². The molecule has 406 valence electrons. The maximum Gasteiger partial charge on any atom is 0.227 e. The van der Waals surface area contributed by atoms with Gasteiger partial charge in [0.05, 0.1) is 33.3 Å². The van der Waals surface area contributed by atoms with Gasteiger partial charge in [0.15, 0.2) is 5.58 Å². The van der Waals surface area contributed by atoms with Crippen molar-refractivity contribution < 1.29 is 4.42 Å². The Morgan fingerprint density at radius 1 is 0.218 bits per heavy atom. The molecule has 0 atom stereocenters. The molecule has 17 rings (SSSR count). The summed E-state index contributed by atoms with van der Waals surface area (Å²) < 4.78 is 6.12. The molecule has 2 aliphatic carbocycles. The van der Waals surface area contributed by atoms with Gasteiger partial charge in [0, 0.05) is 16.7 Å². The summed E-state index contributed by atoms with van der Waals surface area (Å²) in [5.74, 6) is 0.609. The predicted molar refractivity (Wildman–Crippen MR) is 354 cm³/mol. The molecule has 15 aromatic rings. The Bertz CT molecular complexity index is 5010. The molecule has 13 aromatic carbocycles. The first-order valence-corrected chi connectivity index (χ1v) is 29.8. The molecule has 2 heterocycles. The molecule has 0 saturated carbocycles. The third-order valence-electron chi connectivity index (χ3n) is 18.3. The van der Waals surface area contributed by atoms with E-state index in [9.17, 15) is 0 Å². The highest BCUT2D eigenvalue weighted by Crippen LogP contribution is 2.59. The van der Waals surface area contributed by atoms with E-state index in [2.05, 4.69) is 297 Å². The highest BCUT2D eigenvalue weighted by Gasteiger charge is 2.48. The van der Waals surface area contributed by atoms with Gasteiger partial charge in [-0.25, -0.2) is 15.0 Å². The molecule has 2 aromatic heterocycles. The number of para-hydroxylation sites is 2. The average Bonchev–Trinajstić information content (AvgIpc) is 1.59. The lowest BCUT2D eigenvalue weighted by molar-refractivity contribution is 0.620. The zero-order valence-corrected chi connectivity index (χ0v) is 47.3. The van der Waals surface area contributed by atoms with Crippen LogP contribution in [0.25, 0.3) is 112 Å². The lowest BCUT2D eigenvalue weighted by Crippen LogP contribution is -2.28. The zero-order valence-electron chi connectivity index (χ0n) is 47.3. The number of hydrogen-bond acceptors (Lipinski definition) is 4. The van der Waals surface area contributed by atoms with Crippen molar-refractivity contribution in [1.29, 1.82) is 0 Å². The molecule has 0 saturated heterocycles. The average molecular weight is 1110 g/mol. The Kier molecular flexibility index (Phi) is 11.7. The van der Waals surface area contributed by atoms with Crippen LogP contribution in [-0.2, 0) is 10.8 Å². The van der Waals surface area contributed by atoms with Gasteiger partial charge in [0.25, 0.3) is 0 Å². The number of rotatable bonds is 10. The number of hydrogen-bond donors (Lipinski definition) is 0. The summed E-state index contributed by atoms with van der Waals surface area (Å²) in [6.07, 6.45) is 0. The largest absolute Gasteiger partial charge is 0.436 e. The van der Waals surface area contributed by atoms with Crippen molar-refractivity contribution in [1.82, 2.24) is 15.0 Å². The minimum absolute atomic E-state index is 0.590. The maximum atomic E-state index is 6.12. The first-order chi connectivity index (χ1) is 43.1. The van der Waals surface area contributed by atoms with Gasteiger partial charge in [-0.2, -0.15) is 0 Å². The van der Waals surface area contributed by atoms with Crippen molar-refractivity contribution in [3.63, 3.8) is 0 Å². The summed E-state index contributed by atoms with van der Waals surface area (Å²) in [7, 11) is 0. The minimum atomic E-state index is -0.594. The van der Waals surface area contributed by atoms with Crippen LogP contribution in [-0.4, -0.2) is 15.0 Å². The second kappa shape index (κ2) is 20.2. The van der Waals surface area contributed by atoms with Crippen molar-refractivity contribution in [2.24, 2.45) is 0 Å². The van der Waals surface area contributed by atoms with Crippen LogP contribution in [0.5, 0.6) is 0 Å². The van der Waals surface area contributed by atoms with Crippen LogP contribution in [0.3, 0.4) is 0 Å². The smallest absolute Gasteiger partial charge is 0.227 e. The van der Waals surface area contributed by atoms with E-state index in [4.69, 9.17) is 19.4 Å². The molecule has 87 heavy (non-hydrogen) atoms. The van der Waals surface area contributed by atoms with Crippen LogP contribution in [0.2, 0.25) is 0 Å². The number of oxazole rings is 1. The van der Waals surface area contributed by atoms with Crippen LogP contribution in [0, 0.1) is 0 Å². The van der Waals surface area contributed by atoms with Crippen molar-refractivity contribution in [3.8, 4) is 89.6 Å². The summed E-state index contributed by atoms with van der Waals surface area (Å²) in [5.41, 5.74) is 28.0. The fraction of sp³-hybridized carbons (Fsp3) is 0.0241. The van der Waals surface area contributed by atoms with Gasteiger partial charge >= 0.3 is 0 Å². The molecular weight excluding hydrogens is 1050 g/mol. The highest BCUT2D eigenvalue weighted by atomic mass is 16.3. The van der Waals surface area contributed by atoms with Crippen LogP contribution < -0.4 is 0 Å². The molecule has 0 N–H and O–H groups in total. The number of fused-ring (bicyclic) bond motifs is 8. The van der Waals surface area contributed by atoms with Crippen LogP contribution in [0.4, 0.5) is 0 Å². The van der Waals surface area contributed by atoms with Crippen molar-refractivity contribution >= 4 is 22.1 Å². The molecule has 4 nitrogen and oxygen atoms in total. The lowest BCUT2D eigenvalue weighted by Gasteiger charge is -2.34. The molecule has 0 aliphatic heterocycles. The Morgan fingerprint density at radius 3 is 1.01 bits per heavy atom. The van der Waals surface area contributed by atoms with E-state index in [1.54, 1.807) is 0 Å². The molecule has 4 heteroatoms. The molecule has 0 unspecified atom stereocenters. The van der Waals surface area contributed by atoms with Crippen molar-refractivity contribution in [2.75, 3.05) is 0 Å². The Hall–Kier alpha value is -11.3. The highest BCUT2D eigenvalue weighted by molar-refractivity contribution is 5.99. The molecular formula is C83H53N3O. The SMILES string of the molecule is c1ccc(-c2nc3cc(-c4ccc5c(c4)C(c4ccccc4)(c4ccccc4)c4ccccc4-5)c(-c4ccc5c(c4)C(c4ccccc4)(c4ccccc4)c4ccccc4-5)cc3nc2-c2ccc(-c3ccc(-c4nc5ccccc5o4)cc3)cc2)cc1. The van der Waals surface area contributed by atoms with E-state index in [-0.39, 0.29) is 0 Å². The Balaban J connectivity index is 0.886. The van der Waals surface area contributed by atoms with E-state index < -0.39 is 10.8 Å². The molecule has 0 spiro atoms. The van der Waals surface area contributed by atoms with E-state index in [0.717, 1.165) is 83.6 Å². The van der Waals surface area contributed by atoms with E-state index >= 15 is 0 Å². The summed E-state index contributed by atoms with van der Waals surface area (Å²) in [6, 6.07) is 117. The van der Waals surface area contributed by atoms with E-state index in [0.29, 0.717) is 5.89 Å². The third-order valence-corrected chi connectivity index (χ3v) is 18.3. The summed E-state index contributed by atoms with van der Waals surface area (Å²) in [6.45, 7) is 0. The molecule has 0 fully saturated rings. The molecule has 0 bridgehead atoms. The van der Waals surface area contributed by atoms with E-state index in [1.807, 2.05) is 24.3 Å². The fourth-order valence-corrected chi connectivity index (χ4v) is 14.4. The molecule has 0 radical (unpaired) electrons. The van der Waals surface area contributed by atoms with Gasteiger partial charge in [-0.05, 0) is 149 Å². The topological polar surface area (TPSA) is 51.8 Å². The van der Waals surface area contributed by atoms with Gasteiger partial charge in [0.2, 0.25) is 5.89 Å². The summed E-state index contributed by atoms with van der Waals surface area (Å²) >= 11 is 0. The van der Waals surface area contributed by atoms with Gasteiger partial charge in [-0.15, -0.1) is 0 Å². The second-order valence-corrected chi connectivity index (χ2v) is 22.9. The maximum absolute atomic E-state index is 6.12. The van der Waals surface area contributed by atoms with Gasteiger partial charge in [-0.1, -0.05) is 273 Å². The Morgan fingerprint density at radius 2 is 0.563 bits per heavy atom. The van der Waals surface area contributed by atoms with Crippen LogP contribution >= 0.6 is 0 Å². The van der Waals surface area contributed by atoms with Gasteiger partial charge in [0.1, 0.15) is 5.52 Å². The monoisotopic (exact) mass is 1110 g/mol. The quantitative estimate of drug-likeness (QED) is 0.137. The fourth-order valence-electron chi connectivity index (χ4n) is 14.4. The lowest BCUT2D eigenvalue weighted by atomic mass is 9.67. The van der Waals surface area contributed by atoms with Gasteiger partial charge in [-0.3, -0.25) is 0 Å². The first-order valence-electron chi connectivity index (χ1n) is 29.8. The zero-order chi connectivity index (χ0) is 57.5. The minimum Gasteiger partial charge on any atom is -0.436 e. The summed E-state index contributed by atoms with van der Waals surface area (Å²) in [5, 5.41) is 0. The van der Waals surface area contributed by atoms with Crippen molar-refractivity contribution in [2.45, 2.75) is 10.8 Å². The number of aromatic nitrogens is 3. The Labute approximate surface area is 505 Å². The van der Waals surface area contributed by atoms with Crippen LogP contribution in [0.15, 0.2) is 326 Å². The predicted octanol–water partition coefficient (Wildman–Crippen LogP) is 20.5. The van der Waals surface area contributed by atoms with Crippen molar-refractivity contribution in [3.05, 3.63) is 366 Å². The summed E-state index contributed by atoms with van der Waals surface area (Å²) in [4.78, 5) is 16.2. The normalized spacial score (nSPS) is 13.2. The third kappa shape index (κ3) is 7.88. The first kappa shape index (κ1) is 50.2. The standard InChI is InChI=1S/C83H53N3O/c1-6-22-56(23-7-1)79-80(57-42-38-54(39-43-57)55-40-44-58(45-41-55)81-86-75-36-20-21-37-78(75)87-81)85-77-53-70(60-47-49-68-66-33-17-19-35-72(66)83(74(68)51-60,63-28-12-4-13-29-63)64-30-14-5-15-31-64)69(52-76(77)84-79)59-46-48-67-65-32-16-18-34-71(65)82(73(67)50-59,61-24-8-2-9-25-61)62-26-10-3-11-27-62/h1-53H. The van der Waals surface area contributed by atoms with Crippen LogP contribution in [0.1, 0.15) is 44.5 Å². The molecule has 0 amide bonds. The number of nitrogens with zero attached hydrogens (tertiary/aromatic N) is 3. The second-order valence-electron chi connectivity index (χ2n) is 22.9.